The molecule has 1 aromatic rings. The molecular weight excluding hydrogens is 254 g/mol. The van der Waals surface area contributed by atoms with Gasteiger partial charge in [-0.25, -0.2) is 0 Å². The van der Waals surface area contributed by atoms with Crippen LogP contribution < -0.4 is 4.74 Å². The molecule has 0 aromatic heterocycles. The minimum absolute atomic E-state index is 0.145. The van der Waals surface area contributed by atoms with E-state index in [2.05, 4.69) is 0 Å². The fourth-order valence-corrected chi connectivity index (χ4v) is 2.33. The number of aliphatic hydroxyl groups is 1. The first kappa shape index (κ1) is 13.2. The zero-order chi connectivity index (χ0) is 13.1. The van der Waals surface area contributed by atoms with Gasteiger partial charge >= 0.3 is 0 Å². The van der Waals surface area contributed by atoms with Gasteiger partial charge in [-0.05, 0) is 31.0 Å². The Hall–Kier alpha value is -1.26. The minimum atomic E-state index is -0.437. The van der Waals surface area contributed by atoms with Crippen LogP contribution in [0.1, 0.15) is 23.2 Å². The van der Waals surface area contributed by atoms with Gasteiger partial charge in [0.1, 0.15) is 5.75 Å². The molecule has 1 unspecified atom stereocenters. The molecule has 1 heterocycles. The Morgan fingerprint density at radius 2 is 2.33 bits per heavy atom. The average Bonchev–Trinajstić information content (AvgIpc) is 2.38. The molecule has 4 nitrogen and oxygen atoms in total. The molecule has 1 saturated heterocycles. The van der Waals surface area contributed by atoms with Crippen LogP contribution in [0, 0.1) is 0 Å². The Labute approximate surface area is 111 Å². The SMILES string of the molecule is COc1ccc(Cl)cc1C(=O)N1CCCC(O)C1. The molecule has 18 heavy (non-hydrogen) atoms. The number of rotatable bonds is 2. The van der Waals surface area contributed by atoms with E-state index < -0.39 is 6.10 Å². The summed E-state index contributed by atoms with van der Waals surface area (Å²) in [5.41, 5.74) is 0.444. The number of amides is 1. The summed E-state index contributed by atoms with van der Waals surface area (Å²) in [6, 6.07) is 4.96. The van der Waals surface area contributed by atoms with Gasteiger partial charge in [0, 0.05) is 18.1 Å². The van der Waals surface area contributed by atoms with E-state index >= 15 is 0 Å². The lowest BCUT2D eigenvalue weighted by atomic mass is 10.1. The number of methoxy groups -OCH3 is 1. The maximum Gasteiger partial charge on any atom is 0.257 e. The number of ether oxygens (including phenoxy) is 1. The van der Waals surface area contributed by atoms with Gasteiger partial charge in [0.2, 0.25) is 0 Å². The monoisotopic (exact) mass is 269 g/mol. The Morgan fingerprint density at radius 3 is 3.00 bits per heavy atom. The molecule has 5 heteroatoms. The molecule has 1 aliphatic heterocycles. The molecule has 1 atom stereocenters. The second kappa shape index (κ2) is 5.59. The van der Waals surface area contributed by atoms with Crippen LogP contribution in [0.2, 0.25) is 5.02 Å². The van der Waals surface area contributed by atoms with Crippen molar-refractivity contribution in [2.45, 2.75) is 18.9 Å². The van der Waals surface area contributed by atoms with Gasteiger partial charge in [-0.1, -0.05) is 11.6 Å². The summed E-state index contributed by atoms with van der Waals surface area (Å²) in [4.78, 5) is 14.0. The summed E-state index contributed by atoms with van der Waals surface area (Å²) >= 11 is 5.91. The first-order chi connectivity index (χ1) is 8.61. The normalized spacial score (nSPS) is 19.7. The highest BCUT2D eigenvalue weighted by molar-refractivity contribution is 6.31. The smallest absolute Gasteiger partial charge is 0.257 e. The molecular formula is C13H16ClNO3. The van der Waals surface area contributed by atoms with Crippen LogP contribution in [-0.4, -0.2) is 42.2 Å². The van der Waals surface area contributed by atoms with E-state index in [0.717, 1.165) is 12.8 Å². The molecule has 0 spiro atoms. The van der Waals surface area contributed by atoms with Crippen LogP contribution in [0.5, 0.6) is 5.75 Å². The molecule has 0 bridgehead atoms. The molecule has 0 saturated carbocycles. The summed E-state index contributed by atoms with van der Waals surface area (Å²) in [6.07, 6.45) is 1.12. The summed E-state index contributed by atoms with van der Waals surface area (Å²) in [7, 11) is 1.52. The molecule has 1 aromatic carbocycles. The zero-order valence-corrected chi connectivity index (χ0v) is 11.0. The predicted molar refractivity (Wildman–Crippen MR) is 69.1 cm³/mol. The van der Waals surface area contributed by atoms with E-state index in [1.807, 2.05) is 0 Å². The standard InChI is InChI=1S/C13H16ClNO3/c1-18-12-5-4-9(14)7-11(12)13(17)15-6-2-3-10(16)8-15/h4-5,7,10,16H,2-3,6,8H2,1H3. The van der Waals surface area contributed by atoms with Crippen LogP contribution in [0.4, 0.5) is 0 Å². The van der Waals surface area contributed by atoms with Crippen molar-refractivity contribution in [2.24, 2.45) is 0 Å². The van der Waals surface area contributed by atoms with E-state index in [0.29, 0.717) is 29.4 Å². The molecule has 1 N–H and O–H groups in total. The second-order valence-electron chi connectivity index (χ2n) is 4.39. The average molecular weight is 270 g/mol. The van der Waals surface area contributed by atoms with Crippen molar-refractivity contribution in [3.05, 3.63) is 28.8 Å². The fraction of sp³-hybridized carbons (Fsp3) is 0.462. The van der Waals surface area contributed by atoms with E-state index in [4.69, 9.17) is 16.3 Å². The molecule has 1 amide bonds. The third-order valence-corrected chi connectivity index (χ3v) is 3.31. The van der Waals surface area contributed by atoms with Gasteiger partial charge in [0.15, 0.2) is 0 Å². The first-order valence-electron chi connectivity index (χ1n) is 5.92. The number of carbonyl (C=O) groups excluding carboxylic acids is 1. The summed E-state index contributed by atoms with van der Waals surface area (Å²) < 4.78 is 5.17. The largest absolute Gasteiger partial charge is 0.496 e. The summed E-state index contributed by atoms with van der Waals surface area (Å²) in [5.74, 6) is 0.359. The Morgan fingerprint density at radius 1 is 1.56 bits per heavy atom. The molecule has 1 fully saturated rings. The third kappa shape index (κ3) is 2.76. The van der Waals surface area contributed by atoms with Gasteiger partial charge in [-0.15, -0.1) is 0 Å². The van der Waals surface area contributed by atoms with Crippen molar-refractivity contribution in [1.82, 2.24) is 4.90 Å². The van der Waals surface area contributed by atoms with Crippen LogP contribution in [0.25, 0.3) is 0 Å². The van der Waals surface area contributed by atoms with E-state index in [1.54, 1.807) is 23.1 Å². The number of β-amino-alcohol motifs (C(OH)–C–C–N with tert-alkyl or cyclic N) is 1. The van der Waals surface area contributed by atoms with Gasteiger partial charge in [-0.3, -0.25) is 4.79 Å². The van der Waals surface area contributed by atoms with Crippen molar-refractivity contribution >= 4 is 17.5 Å². The Kier molecular flexibility index (Phi) is 4.09. The van der Waals surface area contributed by atoms with Crippen LogP contribution >= 0.6 is 11.6 Å². The topological polar surface area (TPSA) is 49.8 Å². The van der Waals surface area contributed by atoms with Crippen molar-refractivity contribution in [2.75, 3.05) is 20.2 Å². The third-order valence-electron chi connectivity index (χ3n) is 3.08. The van der Waals surface area contributed by atoms with Crippen LogP contribution in [0.3, 0.4) is 0 Å². The predicted octanol–water partition coefficient (Wildman–Crippen LogP) is 1.95. The van der Waals surface area contributed by atoms with Gasteiger partial charge < -0.3 is 14.7 Å². The second-order valence-corrected chi connectivity index (χ2v) is 4.83. The van der Waals surface area contributed by atoms with E-state index in [9.17, 15) is 9.90 Å². The van der Waals surface area contributed by atoms with Gasteiger partial charge in [0.25, 0.3) is 5.91 Å². The maximum atomic E-state index is 12.4. The molecule has 2 rings (SSSR count). The minimum Gasteiger partial charge on any atom is -0.496 e. The molecule has 0 aliphatic carbocycles. The molecule has 98 valence electrons. The van der Waals surface area contributed by atoms with E-state index in [1.165, 1.54) is 7.11 Å². The van der Waals surface area contributed by atoms with Crippen LogP contribution in [0.15, 0.2) is 18.2 Å². The quantitative estimate of drug-likeness (QED) is 0.893. The number of benzene rings is 1. The molecule has 0 radical (unpaired) electrons. The van der Waals surface area contributed by atoms with Gasteiger partial charge in [0.05, 0.1) is 18.8 Å². The number of carbonyl (C=O) groups is 1. The number of hydrogen-bond acceptors (Lipinski definition) is 3. The highest BCUT2D eigenvalue weighted by atomic mass is 35.5. The highest BCUT2D eigenvalue weighted by Gasteiger charge is 2.25. The zero-order valence-electron chi connectivity index (χ0n) is 10.2. The van der Waals surface area contributed by atoms with Crippen molar-refractivity contribution in [3.63, 3.8) is 0 Å². The number of likely N-dealkylation sites (tertiary alicyclic amines) is 1. The summed E-state index contributed by atoms with van der Waals surface area (Å²) in [5, 5.41) is 10.1. The lowest BCUT2D eigenvalue weighted by Crippen LogP contribution is -2.42. The van der Waals surface area contributed by atoms with Crippen molar-refractivity contribution < 1.29 is 14.6 Å². The Balaban J connectivity index is 2.24. The number of nitrogens with zero attached hydrogens (tertiary/aromatic N) is 1. The summed E-state index contributed by atoms with van der Waals surface area (Å²) in [6.45, 7) is 1.03. The van der Waals surface area contributed by atoms with Gasteiger partial charge in [-0.2, -0.15) is 0 Å². The number of aliphatic hydroxyl groups excluding tert-OH is 1. The molecule has 1 aliphatic rings. The lowest BCUT2D eigenvalue weighted by molar-refractivity contribution is 0.0471. The Bertz CT molecular complexity index is 450. The number of hydrogen-bond donors (Lipinski definition) is 1. The lowest BCUT2D eigenvalue weighted by Gasteiger charge is -2.30. The number of halogens is 1. The van der Waals surface area contributed by atoms with Crippen LogP contribution in [-0.2, 0) is 0 Å². The van der Waals surface area contributed by atoms with Crippen molar-refractivity contribution in [1.29, 1.82) is 0 Å². The van der Waals surface area contributed by atoms with Crippen molar-refractivity contribution in [3.8, 4) is 5.75 Å². The fourth-order valence-electron chi connectivity index (χ4n) is 2.16. The first-order valence-corrected chi connectivity index (χ1v) is 6.30. The maximum absolute atomic E-state index is 12.4. The number of piperidine rings is 1. The highest BCUT2D eigenvalue weighted by Crippen LogP contribution is 2.25. The van der Waals surface area contributed by atoms with E-state index in [-0.39, 0.29) is 5.91 Å².